The van der Waals surface area contributed by atoms with Crippen LogP contribution in [0.5, 0.6) is 0 Å². The molecule has 1 aliphatic rings. The highest BCUT2D eigenvalue weighted by atomic mass is 16.3. The van der Waals surface area contributed by atoms with E-state index in [1.54, 1.807) is 0 Å². The van der Waals surface area contributed by atoms with Crippen LogP contribution in [0.15, 0.2) is 18.3 Å². The van der Waals surface area contributed by atoms with E-state index in [0.717, 1.165) is 24.3 Å². The molecule has 0 amide bonds. The summed E-state index contributed by atoms with van der Waals surface area (Å²) in [6.07, 6.45) is 8.17. The van der Waals surface area contributed by atoms with Gasteiger partial charge in [0.25, 0.3) is 0 Å². The van der Waals surface area contributed by atoms with E-state index in [9.17, 15) is 5.11 Å². The zero-order valence-corrected chi connectivity index (χ0v) is 13.4. The maximum atomic E-state index is 9.33. The molecule has 0 spiro atoms. The molecule has 0 aliphatic heterocycles. The number of nitrogens with one attached hydrogen (secondary N) is 1. The first kappa shape index (κ1) is 16.2. The second-order valence-electron chi connectivity index (χ2n) is 5.97. The van der Waals surface area contributed by atoms with Crippen LogP contribution in [0.1, 0.15) is 57.7 Å². The van der Waals surface area contributed by atoms with Crippen molar-refractivity contribution >= 4 is 5.69 Å². The van der Waals surface area contributed by atoms with E-state index in [1.807, 2.05) is 6.20 Å². The summed E-state index contributed by atoms with van der Waals surface area (Å²) in [5, 5.41) is 12.8. The van der Waals surface area contributed by atoms with Gasteiger partial charge in [-0.3, -0.25) is 4.98 Å². The summed E-state index contributed by atoms with van der Waals surface area (Å²) in [6.45, 7) is 6.25. The van der Waals surface area contributed by atoms with E-state index in [-0.39, 0.29) is 12.6 Å². The molecule has 4 nitrogen and oxygen atoms in total. The number of hydrogen-bond donors (Lipinski definition) is 2. The molecule has 1 unspecified atom stereocenters. The highest BCUT2D eigenvalue weighted by Crippen LogP contribution is 2.28. The molecule has 2 rings (SSSR count). The number of hydrogen-bond acceptors (Lipinski definition) is 4. The lowest BCUT2D eigenvalue weighted by Crippen LogP contribution is -2.35. The lowest BCUT2D eigenvalue weighted by molar-refractivity contribution is 0.297. The van der Waals surface area contributed by atoms with Crippen LogP contribution in [-0.2, 0) is 0 Å². The monoisotopic (exact) mass is 291 g/mol. The van der Waals surface area contributed by atoms with E-state index in [4.69, 9.17) is 0 Å². The standard InChI is InChI=1S/C17H29N3O/c1-3-10-18-14(2)17-9-8-16(13-19-17)20(11-12-21)15-6-4-5-7-15/h8-9,13-15,18,21H,3-7,10-12H2,1-2H3. The first-order valence-electron chi connectivity index (χ1n) is 8.33. The summed E-state index contributed by atoms with van der Waals surface area (Å²) in [5.74, 6) is 0. The van der Waals surface area contributed by atoms with Crippen LogP contribution in [0, 0.1) is 0 Å². The third-order valence-electron chi connectivity index (χ3n) is 4.35. The normalized spacial score (nSPS) is 17.1. The maximum absolute atomic E-state index is 9.33. The largest absolute Gasteiger partial charge is 0.395 e. The minimum absolute atomic E-state index is 0.201. The Balaban J connectivity index is 2.04. The molecule has 0 saturated heterocycles. The van der Waals surface area contributed by atoms with Crippen molar-refractivity contribution < 1.29 is 5.11 Å². The first-order chi connectivity index (χ1) is 10.3. The van der Waals surface area contributed by atoms with Gasteiger partial charge in [0.15, 0.2) is 0 Å². The van der Waals surface area contributed by atoms with Gasteiger partial charge in [-0.15, -0.1) is 0 Å². The molecule has 0 bridgehead atoms. The molecule has 4 heteroatoms. The van der Waals surface area contributed by atoms with Crippen molar-refractivity contribution in [2.45, 2.75) is 58.0 Å². The molecule has 0 radical (unpaired) electrons. The number of aliphatic hydroxyl groups excluding tert-OH is 1. The lowest BCUT2D eigenvalue weighted by Gasteiger charge is -2.30. The second-order valence-corrected chi connectivity index (χ2v) is 5.97. The van der Waals surface area contributed by atoms with Crippen LogP contribution >= 0.6 is 0 Å². The SMILES string of the molecule is CCCNC(C)c1ccc(N(CCO)C2CCCC2)cn1. The minimum Gasteiger partial charge on any atom is -0.395 e. The van der Waals surface area contributed by atoms with Crippen molar-refractivity contribution in [2.75, 3.05) is 24.6 Å². The van der Waals surface area contributed by atoms with E-state index in [0.29, 0.717) is 12.6 Å². The number of rotatable bonds is 8. The van der Waals surface area contributed by atoms with Crippen molar-refractivity contribution in [1.82, 2.24) is 10.3 Å². The molecule has 1 saturated carbocycles. The van der Waals surface area contributed by atoms with Crippen molar-refractivity contribution in [3.8, 4) is 0 Å². The summed E-state index contributed by atoms with van der Waals surface area (Å²) in [5.41, 5.74) is 2.23. The fourth-order valence-electron chi connectivity index (χ4n) is 3.14. The van der Waals surface area contributed by atoms with Gasteiger partial charge in [0.05, 0.1) is 24.2 Å². The Bertz CT molecular complexity index is 401. The number of aliphatic hydroxyl groups is 1. The predicted octanol–water partition coefficient (Wildman–Crippen LogP) is 2.88. The van der Waals surface area contributed by atoms with Gasteiger partial charge >= 0.3 is 0 Å². The molecule has 118 valence electrons. The van der Waals surface area contributed by atoms with Crippen molar-refractivity contribution in [3.05, 3.63) is 24.0 Å². The predicted molar refractivity (Wildman–Crippen MR) is 87.6 cm³/mol. The summed E-state index contributed by atoms with van der Waals surface area (Å²) in [6, 6.07) is 5.12. The summed E-state index contributed by atoms with van der Waals surface area (Å²) >= 11 is 0. The van der Waals surface area contributed by atoms with Gasteiger partial charge in [0.2, 0.25) is 0 Å². The molecule has 1 heterocycles. The van der Waals surface area contributed by atoms with Gasteiger partial charge in [-0.2, -0.15) is 0 Å². The van der Waals surface area contributed by atoms with Gasteiger partial charge in [-0.25, -0.2) is 0 Å². The average molecular weight is 291 g/mol. The first-order valence-corrected chi connectivity index (χ1v) is 8.33. The van der Waals surface area contributed by atoms with Crippen molar-refractivity contribution in [1.29, 1.82) is 0 Å². The molecule has 1 fully saturated rings. The molecule has 2 N–H and O–H groups in total. The number of pyridine rings is 1. The molecule has 1 atom stereocenters. The zero-order valence-electron chi connectivity index (χ0n) is 13.4. The molecule has 1 aromatic rings. The van der Waals surface area contributed by atoms with Crippen molar-refractivity contribution in [3.63, 3.8) is 0 Å². The molecule has 21 heavy (non-hydrogen) atoms. The highest BCUT2D eigenvalue weighted by Gasteiger charge is 2.22. The van der Waals surface area contributed by atoms with Gasteiger partial charge in [0, 0.05) is 18.6 Å². The van der Waals surface area contributed by atoms with Crippen LogP contribution < -0.4 is 10.2 Å². The van der Waals surface area contributed by atoms with Gasteiger partial charge < -0.3 is 15.3 Å². The topological polar surface area (TPSA) is 48.4 Å². The van der Waals surface area contributed by atoms with E-state index < -0.39 is 0 Å². The molecule has 0 aromatic carbocycles. The molecular weight excluding hydrogens is 262 g/mol. The third-order valence-corrected chi connectivity index (χ3v) is 4.35. The second kappa shape index (κ2) is 8.35. The van der Waals surface area contributed by atoms with E-state index in [2.05, 4.69) is 41.2 Å². The van der Waals surface area contributed by atoms with E-state index in [1.165, 1.54) is 25.7 Å². The summed E-state index contributed by atoms with van der Waals surface area (Å²) in [4.78, 5) is 6.95. The summed E-state index contributed by atoms with van der Waals surface area (Å²) in [7, 11) is 0. The number of anilines is 1. The molecular formula is C17H29N3O. The molecule has 1 aliphatic carbocycles. The van der Waals surface area contributed by atoms with Crippen LogP contribution in [-0.4, -0.2) is 35.8 Å². The van der Waals surface area contributed by atoms with Crippen LogP contribution in [0.25, 0.3) is 0 Å². The quantitative estimate of drug-likeness (QED) is 0.773. The maximum Gasteiger partial charge on any atom is 0.0606 e. The minimum atomic E-state index is 0.201. The van der Waals surface area contributed by atoms with E-state index >= 15 is 0 Å². The molecule has 1 aromatic heterocycles. The zero-order chi connectivity index (χ0) is 15.1. The number of aromatic nitrogens is 1. The highest BCUT2D eigenvalue weighted by molar-refractivity contribution is 5.46. The van der Waals surface area contributed by atoms with Crippen LogP contribution in [0.4, 0.5) is 5.69 Å². The fraction of sp³-hybridized carbons (Fsp3) is 0.706. The number of nitrogens with zero attached hydrogens (tertiary/aromatic N) is 2. The lowest BCUT2D eigenvalue weighted by atomic mass is 10.1. The third kappa shape index (κ3) is 4.42. The smallest absolute Gasteiger partial charge is 0.0606 e. The van der Waals surface area contributed by atoms with Crippen LogP contribution in [0.2, 0.25) is 0 Å². The Morgan fingerprint density at radius 3 is 2.71 bits per heavy atom. The Morgan fingerprint density at radius 1 is 1.38 bits per heavy atom. The Hall–Kier alpha value is -1.13. The van der Waals surface area contributed by atoms with Crippen molar-refractivity contribution in [2.24, 2.45) is 0 Å². The van der Waals surface area contributed by atoms with Crippen LogP contribution in [0.3, 0.4) is 0 Å². The Morgan fingerprint density at radius 2 is 2.14 bits per heavy atom. The van der Waals surface area contributed by atoms with Gasteiger partial charge in [-0.05, 0) is 44.9 Å². The summed E-state index contributed by atoms with van der Waals surface area (Å²) < 4.78 is 0. The van der Waals surface area contributed by atoms with Gasteiger partial charge in [0.1, 0.15) is 0 Å². The fourth-order valence-corrected chi connectivity index (χ4v) is 3.14. The Labute approximate surface area is 128 Å². The van der Waals surface area contributed by atoms with Gasteiger partial charge in [-0.1, -0.05) is 19.8 Å². The Kier molecular flexibility index (Phi) is 6.46. The average Bonchev–Trinajstić information content (AvgIpc) is 3.04.